The number of hydrogen-bond donors (Lipinski definition) is 2. The summed E-state index contributed by atoms with van der Waals surface area (Å²) in [4.78, 5) is 27.2. The number of thiocarbonyl (C=S) groups is 1. The molecule has 2 aromatic rings. The predicted octanol–water partition coefficient (Wildman–Crippen LogP) is -0.0741. The Morgan fingerprint density at radius 3 is 2.31 bits per heavy atom. The van der Waals surface area contributed by atoms with E-state index in [0.29, 0.717) is 25.9 Å². The van der Waals surface area contributed by atoms with Crippen LogP contribution in [0.3, 0.4) is 0 Å². The number of aromatic carboxylic acids is 1. The van der Waals surface area contributed by atoms with E-state index in [1.165, 1.54) is 9.47 Å². The fourth-order valence-corrected chi connectivity index (χ4v) is 3.95. The minimum atomic E-state index is -1.72. The van der Waals surface area contributed by atoms with Crippen LogP contribution >= 0.6 is 12.2 Å². The number of nitrogens with zero attached hydrogens (tertiary/aromatic N) is 3. The molecular formula is C18H18F2N5O3S-. The quantitative estimate of drug-likeness (QED) is 0.521. The number of aromatic nitrogens is 1. The molecule has 11 heteroatoms. The molecule has 1 saturated carbocycles. The maximum absolute atomic E-state index is 15.6. The molecule has 0 amide bonds. The van der Waals surface area contributed by atoms with E-state index in [9.17, 15) is 14.7 Å². The summed E-state index contributed by atoms with van der Waals surface area (Å²) >= 11 is 4.93. The standard InChI is InChI=1S/C18H19F2N5O3S/c19-11-13(21)10-14(25(8-1-2-8)7-9(16(10)26)17(27)28)12(20)15(11)23-3-5-24(6-4-23)18(22)29/h7-8H,1-6,21H2,(H2,22,29)(H,27,28)/p-1. The molecule has 0 spiro atoms. The third-order valence-electron chi connectivity index (χ3n) is 5.43. The number of benzene rings is 1. The van der Waals surface area contributed by atoms with Crippen LogP contribution in [0.4, 0.5) is 20.2 Å². The second kappa shape index (κ2) is 6.83. The number of piperazine rings is 1. The fraction of sp³-hybridized carbons (Fsp3) is 0.389. The molecule has 4 N–H and O–H groups in total. The predicted molar refractivity (Wildman–Crippen MR) is 106 cm³/mol. The van der Waals surface area contributed by atoms with Crippen molar-refractivity contribution in [3.8, 4) is 0 Å². The van der Waals surface area contributed by atoms with Gasteiger partial charge in [0.2, 0.25) is 5.43 Å². The summed E-state index contributed by atoms with van der Waals surface area (Å²) < 4.78 is 32.1. The second-order valence-corrected chi connectivity index (χ2v) is 7.64. The van der Waals surface area contributed by atoms with Crippen molar-refractivity contribution in [2.24, 2.45) is 5.73 Å². The number of nitrogen functional groups attached to an aromatic ring is 1. The Bertz CT molecular complexity index is 1110. The van der Waals surface area contributed by atoms with Gasteiger partial charge in [-0.15, -0.1) is 0 Å². The van der Waals surface area contributed by atoms with Gasteiger partial charge in [-0.2, -0.15) is 0 Å². The van der Waals surface area contributed by atoms with Crippen LogP contribution in [-0.2, 0) is 0 Å². The van der Waals surface area contributed by atoms with Gasteiger partial charge in [0, 0.05) is 38.4 Å². The number of fused-ring (bicyclic) bond motifs is 1. The number of carbonyl (C=O) groups excluding carboxylic acids is 1. The molecule has 154 valence electrons. The molecule has 1 aromatic carbocycles. The molecule has 29 heavy (non-hydrogen) atoms. The summed E-state index contributed by atoms with van der Waals surface area (Å²) in [7, 11) is 0. The van der Waals surface area contributed by atoms with E-state index in [4.69, 9.17) is 23.7 Å². The molecule has 0 bridgehead atoms. The highest BCUT2D eigenvalue weighted by atomic mass is 32.1. The minimum Gasteiger partial charge on any atom is -0.545 e. The number of rotatable bonds is 3. The van der Waals surface area contributed by atoms with Gasteiger partial charge in [-0.3, -0.25) is 4.79 Å². The third kappa shape index (κ3) is 3.05. The molecule has 8 nitrogen and oxygen atoms in total. The molecule has 4 rings (SSSR count). The van der Waals surface area contributed by atoms with Gasteiger partial charge >= 0.3 is 0 Å². The van der Waals surface area contributed by atoms with Gasteiger partial charge in [-0.1, -0.05) is 0 Å². The van der Waals surface area contributed by atoms with Gasteiger partial charge < -0.3 is 35.7 Å². The van der Waals surface area contributed by atoms with Gasteiger partial charge in [-0.05, 0) is 25.1 Å². The molecular weight excluding hydrogens is 404 g/mol. The van der Waals surface area contributed by atoms with Crippen LogP contribution in [0.5, 0.6) is 0 Å². The summed E-state index contributed by atoms with van der Waals surface area (Å²) in [6, 6.07) is -0.185. The van der Waals surface area contributed by atoms with E-state index < -0.39 is 39.7 Å². The zero-order valence-corrected chi connectivity index (χ0v) is 16.1. The number of anilines is 2. The molecule has 0 radical (unpaired) electrons. The van der Waals surface area contributed by atoms with Crippen molar-refractivity contribution in [1.29, 1.82) is 0 Å². The molecule has 1 saturated heterocycles. The highest BCUT2D eigenvalue weighted by molar-refractivity contribution is 7.80. The Morgan fingerprint density at radius 1 is 1.17 bits per heavy atom. The summed E-state index contributed by atoms with van der Waals surface area (Å²) in [6.45, 7) is 1.26. The average Bonchev–Trinajstić information content (AvgIpc) is 3.51. The Balaban J connectivity index is 1.94. The zero-order valence-electron chi connectivity index (χ0n) is 15.3. The normalized spacial score (nSPS) is 17.0. The SMILES string of the molecule is NC(=S)N1CCN(c2c(F)c(N)c3c(=O)c(C(=O)[O-])cn(C4CC4)c3c2F)CC1. The molecule has 1 aliphatic carbocycles. The maximum Gasteiger partial charge on any atom is 0.200 e. The van der Waals surface area contributed by atoms with Crippen LogP contribution in [0.1, 0.15) is 29.2 Å². The summed E-state index contributed by atoms with van der Waals surface area (Å²) in [5.41, 5.74) is 8.66. The lowest BCUT2D eigenvalue weighted by Gasteiger charge is -2.37. The smallest absolute Gasteiger partial charge is 0.200 e. The Labute approximate surface area is 169 Å². The third-order valence-corrected chi connectivity index (χ3v) is 5.69. The first-order valence-electron chi connectivity index (χ1n) is 9.08. The van der Waals surface area contributed by atoms with Crippen molar-refractivity contribution in [3.05, 3.63) is 33.6 Å². The molecule has 0 atom stereocenters. The van der Waals surface area contributed by atoms with Crippen LogP contribution in [-0.4, -0.2) is 46.7 Å². The van der Waals surface area contributed by atoms with Gasteiger partial charge in [0.1, 0.15) is 5.69 Å². The lowest BCUT2D eigenvalue weighted by atomic mass is 10.1. The fourth-order valence-electron chi connectivity index (χ4n) is 3.77. The molecule has 1 aromatic heterocycles. The first kappa shape index (κ1) is 19.4. The van der Waals surface area contributed by atoms with Gasteiger partial charge in [-0.25, -0.2) is 8.78 Å². The highest BCUT2D eigenvalue weighted by Gasteiger charge is 2.33. The molecule has 1 aliphatic heterocycles. The van der Waals surface area contributed by atoms with Crippen molar-refractivity contribution in [3.63, 3.8) is 0 Å². The summed E-state index contributed by atoms with van der Waals surface area (Å²) in [5, 5.41) is 11.1. The zero-order chi connectivity index (χ0) is 21.0. The maximum atomic E-state index is 15.6. The van der Waals surface area contributed by atoms with Crippen molar-refractivity contribution in [1.82, 2.24) is 9.47 Å². The van der Waals surface area contributed by atoms with Crippen LogP contribution in [0.15, 0.2) is 11.0 Å². The Kier molecular flexibility index (Phi) is 4.56. The monoisotopic (exact) mass is 422 g/mol. The van der Waals surface area contributed by atoms with Crippen molar-refractivity contribution in [2.45, 2.75) is 18.9 Å². The van der Waals surface area contributed by atoms with E-state index >= 15 is 8.78 Å². The van der Waals surface area contributed by atoms with Crippen LogP contribution < -0.4 is 26.9 Å². The van der Waals surface area contributed by atoms with Crippen molar-refractivity contribution >= 4 is 45.6 Å². The van der Waals surface area contributed by atoms with E-state index in [1.807, 2.05) is 0 Å². The van der Waals surface area contributed by atoms with Crippen molar-refractivity contribution < 1.29 is 18.7 Å². The Hall–Kier alpha value is -2.95. The highest BCUT2D eigenvalue weighted by Crippen LogP contribution is 2.41. The van der Waals surface area contributed by atoms with E-state index in [2.05, 4.69) is 0 Å². The summed E-state index contributed by atoms with van der Waals surface area (Å²) in [6.07, 6.45) is 2.43. The van der Waals surface area contributed by atoms with Crippen molar-refractivity contribution in [2.75, 3.05) is 36.8 Å². The van der Waals surface area contributed by atoms with E-state index in [-0.39, 0.29) is 35.4 Å². The van der Waals surface area contributed by atoms with Gasteiger partial charge in [0.25, 0.3) is 0 Å². The number of halogens is 2. The lowest BCUT2D eigenvalue weighted by Crippen LogP contribution is -2.51. The summed E-state index contributed by atoms with van der Waals surface area (Å²) in [5.74, 6) is -3.75. The number of carbonyl (C=O) groups is 1. The topological polar surface area (TPSA) is 121 Å². The number of hydrogen-bond acceptors (Lipinski definition) is 6. The Morgan fingerprint density at radius 2 is 1.79 bits per heavy atom. The second-order valence-electron chi connectivity index (χ2n) is 7.22. The first-order valence-corrected chi connectivity index (χ1v) is 9.49. The van der Waals surface area contributed by atoms with Crippen LogP contribution in [0, 0.1) is 11.6 Å². The van der Waals surface area contributed by atoms with E-state index in [0.717, 1.165) is 6.20 Å². The molecule has 2 fully saturated rings. The largest absolute Gasteiger partial charge is 0.545 e. The van der Waals surface area contributed by atoms with E-state index in [1.54, 1.807) is 4.90 Å². The number of carboxylic acid groups (broad SMARTS) is 1. The van der Waals surface area contributed by atoms with Crippen LogP contribution in [0.2, 0.25) is 0 Å². The van der Waals surface area contributed by atoms with Crippen LogP contribution in [0.25, 0.3) is 10.9 Å². The number of carboxylic acids is 1. The molecule has 2 aliphatic rings. The van der Waals surface area contributed by atoms with Gasteiger partial charge in [0.15, 0.2) is 16.7 Å². The number of nitrogens with two attached hydrogens (primary N) is 2. The molecule has 0 unspecified atom stereocenters. The average molecular weight is 422 g/mol. The number of pyridine rings is 1. The lowest BCUT2D eigenvalue weighted by molar-refractivity contribution is -0.255. The first-order chi connectivity index (χ1) is 13.7. The minimum absolute atomic E-state index is 0.185. The molecule has 2 heterocycles. The van der Waals surface area contributed by atoms with Gasteiger partial charge in [0.05, 0.1) is 28.1 Å².